The van der Waals surface area contributed by atoms with E-state index in [1.165, 1.54) is 14.2 Å². The molecule has 6 N–H and O–H groups in total. The van der Waals surface area contributed by atoms with Crippen LogP contribution in [0.2, 0.25) is 0 Å². The average molecular weight is 771 g/mol. The van der Waals surface area contributed by atoms with Crippen LogP contribution in [0.3, 0.4) is 0 Å². The van der Waals surface area contributed by atoms with Gasteiger partial charge in [0.05, 0.1) is 49.0 Å². The van der Waals surface area contributed by atoms with Crippen LogP contribution in [0, 0.1) is 17.8 Å². The second kappa shape index (κ2) is 16.3. The number of carbonyl (C=O) groups is 3. The molecule has 2 aliphatic carbocycles. The lowest BCUT2D eigenvalue weighted by molar-refractivity contribution is -0.137. The molecular weight excluding hydrogens is 721 g/mol. The molecule has 1 saturated heterocycles. The van der Waals surface area contributed by atoms with Gasteiger partial charge >= 0.3 is 6.09 Å². The van der Waals surface area contributed by atoms with Crippen LogP contribution in [-0.2, 0) is 25.6 Å². The molecule has 3 aliphatic rings. The van der Waals surface area contributed by atoms with E-state index in [4.69, 9.17) is 20.2 Å². The number of rotatable bonds is 12. The van der Waals surface area contributed by atoms with Gasteiger partial charge < -0.3 is 40.7 Å². The van der Waals surface area contributed by atoms with Crippen molar-refractivity contribution in [3.63, 3.8) is 0 Å². The minimum atomic E-state index is -0.886. The van der Waals surface area contributed by atoms with Crippen molar-refractivity contribution in [1.82, 2.24) is 35.5 Å². The molecule has 0 spiro atoms. The fourth-order valence-corrected chi connectivity index (χ4v) is 9.26. The zero-order valence-electron chi connectivity index (χ0n) is 32.5. The number of nitrogens with one attached hydrogen (secondary N) is 4. The Bertz CT molecular complexity index is 2220. The highest BCUT2D eigenvalue weighted by Crippen LogP contribution is 2.56. The summed E-state index contributed by atoms with van der Waals surface area (Å²) in [6.45, 7) is 2.76. The fourth-order valence-electron chi connectivity index (χ4n) is 9.26. The molecule has 13 heteroatoms. The number of benzene rings is 3. The van der Waals surface area contributed by atoms with Gasteiger partial charge in [0.2, 0.25) is 11.8 Å². The number of nitrogen functional groups attached to an aromatic ring is 1. The van der Waals surface area contributed by atoms with Crippen LogP contribution in [0.15, 0.2) is 85.2 Å². The van der Waals surface area contributed by atoms with E-state index in [2.05, 4.69) is 74.1 Å². The molecule has 3 amide bonds. The predicted molar refractivity (Wildman–Crippen MR) is 216 cm³/mol. The van der Waals surface area contributed by atoms with Crippen LogP contribution in [0.5, 0.6) is 0 Å². The molecule has 2 aromatic heterocycles. The van der Waals surface area contributed by atoms with E-state index in [0.717, 1.165) is 77.1 Å². The third kappa shape index (κ3) is 7.76. The van der Waals surface area contributed by atoms with Crippen LogP contribution in [0.4, 0.5) is 10.5 Å². The molecule has 2 saturated carbocycles. The van der Waals surface area contributed by atoms with Gasteiger partial charge in [0.25, 0.3) is 0 Å². The molecule has 8 rings (SSSR count). The monoisotopic (exact) mass is 770 g/mol. The maximum absolute atomic E-state index is 13.6. The standard InChI is InChI=1S/C44H50N8O5/c1-25(56-2)39(51-44(55)57-3)43(54)52-19-5-8-36(52)40-46-23-34(49-40)29-13-9-27(10-14-29)28-11-15-30(16-12-28)35-24-47-41(50-35)37-31-17-18-32(21-31)38(37)42(53)48-22-26-6-4-7-33(45)20-26/h4,6-7,9-16,20,23-25,31-32,36-39H,5,8,17-19,21-22,45H2,1-3H3,(H,46,49)(H,47,50)(H,48,53)(H,51,55)/t25?,31?,32?,36-,37?,38-,39-/m0/s1. The van der Waals surface area contributed by atoms with Gasteiger partial charge in [-0.05, 0) is 90.8 Å². The SMILES string of the molecule is COC(=O)N[C@H](C(=O)N1CCC[C@H]1c1ncc(-c2ccc(-c3ccc(-c4cnc(C5C6CCC(C6)[C@@H]5C(=O)NCc5cccc(N)c5)[nH]4)cc3)cc2)[nH]1)C(C)OC. The van der Waals surface area contributed by atoms with E-state index in [-0.39, 0.29) is 29.7 Å². The van der Waals surface area contributed by atoms with E-state index in [0.29, 0.717) is 36.4 Å². The van der Waals surface area contributed by atoms with Gasteiger partial charge in [-0.25, -0.2) is 14.8 Å². The van der Waals surface area contributed by atoms with E-state index in [1.54, 1.807) is 18.0 Å². The summed E-state index contributed by atoms with van der Waals surface area (Å²) < 4.78 is 10.2. The van der Waals surface area contributed by atoms with Crippen molar-refractivity contribution in [2.24, 2.45) is 17.8 Å². The number of aromatic nitrogens is 4. The Kier molecular flexibility index (Phi) is 10.8. The number of nitrogens with zero attached hydrogens (tertiary/aromatic N) is 3. The number of imidazole rings is 2. The minimum absolute atomic E-state index is 0.0779. The van der Waals surface area contributed by atoms with Crippen LogP contribution < -0.4 is 16.4 Å². The van der Waals surface area contributed by atoms with Crippen molar-refractivity contribution < 1.29 is 23.9 Å². The van der Waals surface area contributed by atoms with Crippen molar-refractivity contribution in [2.45, 2.75) is 69.7 Å². The average Bonchev–Trinajstić information content (AvgIpc) is 4.10. The van der Waals surface area contributed by atoms with Crippen molar-refractivity contribution in [3.8, 4) is 33.6 Å². The number of fused-ring (bicyclic) bond motifs is 2. The molecule has 296 valence electrons. The minimum Gasteiger partial charge on any atom is -0.453 e. The number of carbonyl (C=O) groups excluding carboxylic acids is 3. The van der Waals surface area contributed by atoms with Gasteiger partial charge in [0.15, 0.2) is 0 Å². The van der Waals surface area contributed by atoms with Gasteiger partial charge in [-0.15, -0.1) is 0 Å². The number of likely N-dealkylation sites (tertiary alicyclic amines) is 1. The quantitative estimate of drug-likeness (QED) is 0.0882. The first-order valence-corrected chi connectivity index (χ1v) is 19.8. The van der Waals surface area contributed by atoms with Crippen molar-refractivity contribution >= 4 is 23.6 Å². The van der Waals surface area contributed by atoms with E-state index < -0.39 is 18.2 Å². The zero-order valence-corrected chi connectivity index (χ0v) is 32.5. The number of alkyl carbamates (subject to hydrolysis) is 1. The molecule has 5 aromatic rings. The molecule has 3 fully saturated rings. The zero-order chi connectivity index (χ0) is 39.6. The maximum Gasteiger partial charge on any atom is 0.407 e. The Morgan fingerprint density at radius 3 is 2.14 bits per heavy atom. The normalized spacial score (nSPS) is 22.3. The Labute approximate surface area is 332 Å². The summed E-state index contributed by atoms with van der Waals surface area (Å²) in [7, 11) is 2.77. The number of aromatic amines is 2. The third-order valence-electron chi connectivity index (χ3n) is 12.3. The topological polar surface area (TPSA) is 180 Å². The first-order valence-electron chi connectivity index (χ1n) is 19.8. The summed E-state index contributed by atoms with van der Waals surface area (Å²) >= 11 is 0. The van der Waals surface area contributed by atoms with Gasteiger partial charge in [0, 0.05) is 31.8 Å². The lowest BCUT2D eigenvalue weighted by atomic mass is 9.78. The largest absolute Gasteiger partial charge is 0.453 e. The number of amides is 3. The highest BCUT2D eigenvalue weighted by atomic mass is 16.5. The molecule has 13 nitrogen and oxygen atoms in total. The van der Waals surface area contributed by atoms with E-state index in [1.807, 2.05) is 30.5 Å². The Balaban J connectivity index is 0.916. The molecule has 4 unspecified atom stereocenters. The molecule has 7 atom stereocenters. The lowest BCUT2D eigenvalue weighted by Gasteiger charge is -2.30. The Hall–Kier alpha value is -5.95. The molecular formula is C44H50N8O5. The summed E-state index contributed by atoms with van der Waals surface area (Å²) in [5, 5.41) is 5.82. The molecule has 1 aliphatic heterocycles. The number of H-pyrrole nitrogens is 2. The molecule has 0 radical (unpaired) electrons. The van der Waals surface area contributed by atoms with Gasteiger partial charge in [-0.2, -0.15) is 0 Å². The molecule has 3 heterocycles. The summed E-state index contributed by atoms with van der Waals surface area (Å²) in [5.41, 5.74) is 13.6. The predicted octanol–water partition coefficient (Wildman–Crippen LogP) is 6.59. The van der Waals surface area contributed by atoms with Crippen LogP contribution in [-0.4, -0.2) is 75.7 Å². The third-order valence-corrected chi connectivity index (χ3v) is 12.3. The van der Waals surface area contributed by atoms with Crippen molar-refractivity contribution in [3.05, 3.63) is 102 Å². The fraction of sp³-hybridized carbons (Fsp3) is 0.386. The maximum atomic E-state index is 13.6. The highest BCUT2D eigenvalue weighted by Gasteiger charge is 2.52. The Morgan fingerprint density at radius 2 is 1.49 bits per heavy atom. The van der Waals surface area contributed by atoms with Gasteiger partial charge in [-0.3, -0.25) is 9.59 Å². The first kappa shape index (κ1) is 37.9. The van der Waals surface area contributed by atoms with Crippen LogP contribution in [0.25, 0.3) is 33.6 Å². The van der Waals surface area contributed by atoms with E-state index in [9.17, 15) is 14.4 Å². The first-order chi connectivity index (χ1) is 27.7. The van der Waals surface area contributed by atoms with Crippen LogP contribution >= 0.6 is 0 Å². The second-order valence-electron chi connectivity index (χ2n) is 15.6. The van der Waals surface area contributed by atoms with Crippen molar-refractivity contribution in [2.75, 3.05) is 26.5 Å². The Morgan fingerprint density at radius 1 is 0.860 bits per heavy atom. The van der Waals surface area contributed by atoms with Gasteiger partial charge in [-0.1, -0.05) is 60.7 Å². The summed E-state index contributed by atoms with van der Waals surface area (Å²) in [6, 6.07) is 23.3. The summed E-state index contributed by atoms with van der Waals surface area (Å²) in [6.07, 6.45) is 7.32. The van der Waals surface area contributed by atoms with Crippen molar-refractivity contribution in [1.29, 1.82) is 0 Å². The smallest absolute Gasteiger partial charge is 0.407 e. The number of anilines is 1. The second-order valence-corrected chi connectivity index (χ2v) is 15.6. The number of ether oxygens (including phenoxy) is 2. The highest BCUT2D eigenvalue weighted by molar-refractivity contribution is 5.87. The number of hydrogen-bond acceptors (Lipinski definition) is 8. The molecule has 57 heavy (non-hydrogen) atoms. The number of nitrogens with two attached hydrogens (primary N) is 1. The van der Waals surface area contributed by atoms with Crippen LogP contribution in [0.1, 0.15) is 68.2 Å². The lowest BCUT2D eigenvalue weighted by Crippen LogP contribution is -2.54. The number of methoxy groups -OCH3 is 2. The summed E-state index contributed by atoms with van der Waals surface area (Å²) in [4.78, 5) is 57.5. The molecule has 2 bridgehead atoms. The number of hydrogen-bond donors (Lipinski definition) is 5. The van der Waals surface area contributed by atoms with Gasteiger partial charge in [0.1, 0.15) is 17.7 Å². The molecule has 3 aromatic carbocycles. The van der Waals surface area contributed by atoms with E-state index >= 15 is 0 Å². The summed E-state index contributed by atoms with van der Waals surface area (Å²) in [5.74, 6) is 2.28.